The highest BCUT2D eigenvalue weighted by atomic mass is 16.4. The Morgan fingerprint density at radius 3 is 2.54 bits per heavy atom. The molecule has 0 saturated heterocycles. The maximum absolute atomic E-state index is 13.2. The number of aliphatic hydroxyl groups is 2. The van der Waals surface area contributed by atoms with E-state index in [2.05, 4.69) is 0 Å². The summed E-state index contributed by atoms with van der Waals surface area (Å²) in [5.41, 5.74) is -2.54. The number of hydrogen-bond acceptors (Lipinski definition) is 8. The molecule has 0 radical (unpaired) electrons. The molecule has 0 spiro atoms. The minimum atomic E-state index is -1.87. The molecule has 2 heterocycles. The predicted molar refractivity (Wildman–Crippen MR) is 97.5 cm³/mol. The van der Waals surface area contributed by atoms with E-state index in [-0.39, 0.29) is 58.8 Å². The lowest BCUT2D eigenvalue weighted by Crippen LogP contribution is -2.43. The van der Waals surface area contributed by atoms with Gasteiger partial charge in [-0.1, -0.05) is 0 Å². The standard InChI is InChI=1S/C20H18O8/c1-9-2-10(21)4-14-17(9)19(25)18-15(28-14)5-12(23)7-20(18,26)8-13-3-11(22)6-16(24)27-13/h2-4,6,12,21-23,26H,5,7-8H2,1H3/t12?,20-/m0/s1. The van der Waals surface area contributed by atoms with Crippen LogP contribution in [0.15, 0.2) is 42.7 Å². The van der Waals surface area contributed by atoms with Gasteiger partial charge in [-0.05, 0) is 18.6 Å². The third-order valence-corrected chi connectivity index (χ3v) is 4.98. The lowest BCUT2D eigenvalue weighted by atomic mass is 9.77. The predicted octanol–water partition coefficient (Wildman–Crippen LogP) is 1.20. The summed E-state index contributed by atoms with van der Waals surface area (Å²) in [6.07, 6.45) is -1.47. The molecule has 0 aliphatic heterocycles. The Kier molecular flexibility index (Phi) is 4.06. The molecular formula is C20H18O8. The monoisotopic (exact) mass is 386 g/mol. The van der Waals surface area contributed by atoms with Crippen molar-refractivity contribution in [1.29, 1.82) is 0 Å². The summed E-state index contributed by atoms with van der Waals surface area (Å²) in [6.45, 7) is 1.64. The number of aryl methyl sites for hydroxylation is 1. The van der Waals surface area contributed by atoms with Crippen LogP contribution in [0.4, 0.5) is 0 Å². The van der Waals surface area contributed by atoms with Crippen LogP contribution >= 0.6 is 0 Å². The molecular weight excluding hydrogens is 368 g/mol. The van der Waals surface area contributed by atoms with Crippen LogP contribution in [0, 0.1) is 6.92 Å². The number of benzene rings is 1. The smallest absolute Gasteiger partial charge is 0.339 e. The van der Waals surface area contributed by atoms with Crippen molar-refractivity contribution in [3.63, 3.8) is 0 Å². The molecule has 3 aromatic rings. The molecule has 0 bridgehead atoms. The summed E-state index contributed by atoms with van der Waals surface area (Å²) in [5.74, 6) is -0.328. The van der Waals surface area contributed by atoms with E-state index in [4.69, 9.17) is 8.83 Å². The SMILES string of the molecule is Cc1cc(O)cc2oc3c(c(=O)c12)[C@@](O)(Cc1cc(O)cc(=O)o1)CC(O)C3. The fourth-order valence-corrected chi connectivity index (χ4v) is 3.99. The second-order valence-corrected chi connectivity index (χ2v) is 7.24. The average Bonchev–Trinajstić information content (AvgIpc) is 2.51. The van der Waals surface area contributed by atoms with Crippen LogP contribution < -0.4 is 11.1 Å². The van der Waals surface area contributed by atoms with Crippen LogP contribution in [0.2, 0.25) is 0 Å². The second kappa shape index (κ2) is 6.22. The second-order valence-electron chi connectivity index (χ2n) is 7.24. The molecule has 0 amide bonds. The molecule has 4 rings (SSSR count). The van der Waals surface area contributed by atoms with Crippen LogP contribution in [0.25, 0.3) is 11.0 Å². The molecule has 146 valence electrons. The van der Waals surface area contributed by atoms with Crippen LogP contribution in [0.1, 0.15) is 29.1 Å². The van der Waals surface area contributed by atoms with Gasteiger partial charge in [0.25, 0.3) is 0 Å². The summed E-state index contributed by atoms with van der Waals surface area (Å²) >= 11 is 0. The van der Waals surface area contributed by atoms with Gasteiger partial charge in [-0.15, -0.1) is 0 Å². The van der Waals surface area contributed by atoms with Gasteiger partial charge >= 0.3 is 5.63 Å². The molecule has 0 saturated carbocycles. The third kappa shape index (κ3) is 2.96. The molecule has 2 aromatic heterocycles. The van der Waals surface area contributed by atoms with Crippen LogP contribution in [-0.2, 0) is 18.4 Å². The Bertz CT molecular complexity index is 1210. The fraction of sp³-hybridized carbons (Fsp3) is 0.300. The van der Waals surface area contributed by atoms with Crippen molar-refractivity contribution in [1.82, 2.24) is 0 Å². The van der Waals surface area contributed by atoms with Crippen molar-refractivity contribution < 1.29 is 29.3 Å². The zero-order chi connectivity index (χ0) is 20.2. The summed E-state index contributed by atoms with van der Waals surface area (Å²) in [7, 11) is 0. The number of phenols is 1. The highest BCUT2D eigenvalue weighted by molar-refractivity contribution is 5.82. The number of aliphatic hydroxyl groups excluding tert-OH is 1. The molecule has 2 atom stereocenters. The minimum absolute atomic E-state index is 0.0154. The van der Waals surface area contributed by atoms with E-state index in [1.807, 2.05) is 0 Å². The summed E-state index contributed by atoms with van der Waals surface area (Å²) in [4.78, 5) is 24.8. The first kappa shape index (κ1) is 18.3. The van der Waals surface area contributed by atoms with E-state index in [9.17, 15) is 30.0 Å². The van der Waals surface area contributed by atoms with E-state index in [0.29, 0.717) is 5.56 Å². The minimum Gasteiger partial charge on any atom is -0.508 e. The van der Waals surface area contributed by atoms with Crippen molar-refractivity contribution in [3.8, 4) is 11.5 Å². The van der Waals surface area contributed by atoms with Gasteiger partial charge in [0.1, 0.15) is 34.2 Å². The maximum Gasteiger partial charge on any atom is 0.339 e. The van der Waals surface area contributed by atoms with Crippen molar-refractivity contribution >= 4 is 11.0 Å². The zero-order valence-electron chi connectivity index (χ0n) is 14.9. The highest BCUT2D eigenvalue weighted by Gasteiger charge is 2.43. The van der Waals surface area contributed by atoms with Gasteiger partial charge in [-0.25, -0.2) is 4.79 Å². The number of rotatable bonds is 2. The van der Waals surface area contributed by atoms with Gasteiger partial charge in [-0.2, -0.15) is 0 Å². The van der Waals surface area contributed by atoms with Gasteiger partial charge < -0.3 is 29.3 Å². The normalized spacial score (nSPS) is 21.6. The molecule has 8 nitrogen and oxygen atoms in total. The first-order valence-electron chi connectivity index (χ1n) is 8.69. The van der Waals surface area contributed by atoms with E-state index >= 15 is 0 Å². The molecule has 1 aliphatic carbocycles. The highest BCUT2D eigenvalue weighted by Crippen LogP contribution is 2.38. The number of fused-ring (bicyclic) bond motifs is 2. The van der Waals surface area contributed by atoms with Crippen molar-refractivity contribution in [2.75, 3.05) is 0 Å². The Balaban J connectivity index is 1.95. The first-order chi connectivity index (χ1) is 13.2. The molecule has 1 aliphatic rings. The largest absolute Gasteiger partial charge is 0.508 e. The van der Waals surface area contributed by atoms with Crippen molar-refractivity contribution in [2.45, 2.75) is 37.9 Å². The van der Waals surface area contributed by atoms with Crippen LogP contribution in [-0.4, -0.2) is 26.5 Å². The summed E-state index contributed by atoms with van der Waals surface area (Å²) in [6, 6.07) is 4.77. The molecule has 4 N–H and O–H groups in total. The Labute approximate surface area is 157 Å². The van der Waals surface area contributed by atoms with Crippen molar-refractivity contribution in [3.05, 3.63) is 67.6 Å². The first-order valence-corrected chi connectivity index (χ1v) is 8.69. The fourth-order valence-electron chi connectivity index (χ4n) is 3.99. The van der Waals surface area contributed by atoms with E-state index < -0.39 is 22.8 Å². The molecule has 28 heavy (non-hydrogen) atoms. The average molecular weight is 386 g/mol. The lowest BCUT2D eigenvalue weighted by Gasteiger charge is -2.35. The number of phenolic OH excluding ortho intramolecular Hbond substituents is 1. The summed E-state index contributed by atoms with van der Waals surface area (Å²) in [5, 5.41) is 41.2. The number of hydrogen-bond donors (Lipinski definition) is 4. The van der Waals surface area contributed by atoms with Gasteiger partial charge in [0.2, 0.25) is 0 Å². The molecule has 1 aromatic carbocycles. The molecule has 8 heteroatoms. The van der Waals surface area contributed by atoms with Gasteiger partial charge in [0.15, 0.2) is 5.43 Å². The number of aromatic hydroxyl groups is 2. The lowest BCUT2D eigenvalue weighted by molar-refractivity contribution is -0.0345. The van der Waals surface area contributed by atoms with Crippen LogP contribution in [0.5, 0.6) is 11.5 Å². The van der Waals surface area contributed by atoms with E-state index in [1.54, 1.807) is 6.92 Å². The van der Waals surface area contributed by atoms with Crippen LogP contribution in [0.3, 0.4) is 0 Å². The quantitative estimate of drug-likeness (QED) is 0.515. The van der Waals surface area contributed by atoms with Gasteiger partial charge in [-0.3, -0.25) is 4.79 Å². The molecule has 0 fully saturated rings. The van der Waals surface area contributed by atoms with Gasteiger partial charge in [0, 0.05) is 31.4 Å². The Morgan fingerprint density at radius 1 is 1.11 bits per heavy atom. The van der Waals surface area contributed by atoms with E-state index in [1.165, 1.54) is 18.2 Å². The topological polar surface area (TPSA) is 141 Å². The third-order valence-electron chi connectivity index (χ3n) is 4.98. The summed E-state index contributed by atoms with van der Waals surface area (Å²) < 4.78 is 10.8. The van der Waals surface area contributed by atoms with Crippen molar-refractivity contribution in [2.24, 2.45) is 0 Å². The Hall–Kier alpha value is -3.10. The van der Waals surface area contributed by atoms with Gasteiger partial charge in [0.05, 0.1) is 23.1 Å². The zero-order valence-corrected chi connectivity index (χ0v) is 14.9. The molecule has 1 unspecified atom stereocenters. The maximum atomic E-state index is 13.2. The van der Waals surface area contributed by atoms with E-state index in [0.717, 1.165) is 6.07 Å². The Morgan fingerprint density at radius 2 is 1.82 bits per heavy atom.